The normalized spacial score (nSPS) is 24.4. The van der Waals surface area contributed by atoms with Gasteiger partial charge in [-0.05, 0) is 37.4 Å². The number of fused-ring (bicyclic) bond motifs is 1. The van der Waals surface area contributed by atoms with Gasteiger partial charge in [0.05, 0.1) is 16.2 Å². The number of rotatable bonds is 5. The summed E-state index contributed by atoms with van der Waals surface area (Å²) in [4.78, 5) is 0.571. The monoisotopic (exact) mass is 281 g/mol. The Labute approximate surface area is 116 Å². The zero-order valence-electron chi connectivity index (χ0n) is 11.9. The molecule has 0 amide bonds. The van der Waals surface area contributed by atoms with Gasteiger partial charge in [0.2, 0.25) is 0 Å². The van der Waals surface area contributed by atoms with Crippen molar-refractivity contribution in [2.75, 3.05) is 6.54 Å². The van der Waals surface area contributed by atoms with Gasteiger partial charge in [-0.25, -0.2) is 8.42 Å². The average Bonchev–Trinajstić information content (AvgIpc) is 2.58. The third kappa shape index (κ3) is 2.43. The Kier molecular flexibility index (Phi) is 4.31. The molecule has 2 unspecified atom stereocenters. The fraction of sp³-hybridized carbons (Fsp3) is 0.600. The third-order valence-electron chi connectivity index (χ3n) is 3.82. The van der Waals surface area contributed by atoms with Crippen molar-refractivity contribution < 1.29 is 8.42 Å². The van der Waals surface area contributed by atoms with Crippen LogP contribution in [0.15, 0.2) is 23.1 Å². The second-order valence-electron chi connectivity index (χ2n) is 5.30. The molecular weight excluding hydrogens is 258 g/mol. The van der Waals surface area contributed by atoms with Crippen LogP contribution >= 0.6 is 0 Å². The largest absolute Gasteiger partial charge is 0.309 e. The number of sulfone groups is 1. The number of nitrogens with one attached hydrogen (secondary N) is 1. The van der Waals surface area contributed by atoms with Gasteiger partial charge < -0.3 is 5.32 Å². The molecule has 1 aromatic rings. The molecule has 0 radical (unpaired) electrons. The van der Waals surface area contributed by atoms with Crippen LogP contribution in [0.2, 0.25) is 0 Å². The molecule has 1 aliphatic heterocycles. The van der Waals surface area contributed by atoms with Crippen molar-refractivity contribution >= 4 is 9.84 Å². The number of aryl methyl sites for hydroxylation is 1. The lowest BCUT2D eigenvalue weighted by Gasteiger charge is -2.20. The standard InChI is InChI=1S/C15H23NO2S/c1-4-7-13-14(16-10-5-2)12-9-6-8-11(3)15(12)19(13,17)18/h6,8-9,13-14,16H,4-5,7,10H2,1-3H3. The highest BCUT2D eigenvalue weighted by atomic mass is 32.2. The van der Waals surface area contributed by atoms with Crippen molar-refractivity contribution in [3.8, 4) is 0 Å². The van der Waals surface area contributed by atoms with Crippen molar-refractivity contribution in [1.82, 2.24) is 5.32 Å². The van der Waals surface area contributed by atoms with E-state index in [9.17, 15) is 8.42 Å². The average molecular weight is 281 g/mol. The first kappa shape index (κ1) is 14.5. The molecule has 1 N–H and O–H groups in total. The summed E-state index contributed by atoms with van der Waals surface area (Å²) in [5, 5.41) is 3.12. The number of hydrogen-bond donors (Lipinski definition) is 1. The zero-order valence-corrected chi connectivity index (χ0v) is 12.8. The zero-order chi connectivity index (χ0) is 14.0. The first-order chi connectivity index (χ1) is 9.04. The van der Waals surface area contributed by atoms with Crippen LogP contribution in [0.25, 0.3) is 0 Å². The van der Waals surface area contributed by atoms with Crippen LogP contribution in [0.5, 0.6) is 0 Å². The van der Waals surface area contributed by atoms with E-state index in [0.29, 0.717) is 4.90 Å². The second-order valence-corrected chi connectivity index (χ2v) is 7.40. The maximum atomic E-state index is 12.7. The van der Waals surface area contributed by atoms with Crippen LogP contribution in [0.1, 0.15) is 50.3 Å². The highest BCUT2D eigenvalue weighted by Gasteiger charge is 2.44. The second kappa shape index (κ2) is 5.63. The minimum atomic E-state index is -3.18. The van der Waals surface area contributed by atoms with E-state index in [1.165, 1.54) is 0 Å². The van der Waals surface area contributed by atoms with Gasteiger partial charge in [-0.15, -0.1) is 0 Å². The third-order valence-corrected chi connectivity index (χ3v) is 6.25. The molecular formula is C15H23NO2S. The summed E-state index contributed by atoms with van der Waals surface area (Å²) in [6.45, 7) is 6.89. The highest BCUT2D eigenvalue weighted by Crippen LogP contribution is 2.42. The van der Waals surface area contributed by atoms with E-state index >= 15 is 0 Å². The minimum absolute atomic E-state index is 0.0419. The summed E-state index contributed by atoms with van der Waals surface area (Å²) in [5.74, 6) is 0. The van der Waals surface area contributed by atoms with Crippen molar-refractivity contribution in [2.45, 2.75) is 56.2 Å². The quantitative estimate of drug-likeness (QED) is 0.902. The maximum Gasteiger partial charge on any atom is 0.183 e. The highest BCUT2D eigenvalue weighted by molar-refractivity contribution is 7.92. The number of benzene rings is 1. The van der Waals surface area contributed by atoms with E-state index in [1.807, 2.05) is 32.0 Å². The fourth-order valence-corrected chi connectivity index (χ4v) is 5.48. The molecule has 3 nitrogen and oxygen atoms in total. The van der Waals surface area contributed by atoms with Crippen LogP contribution in [0.3, 0.4) is 0 Å². The van der Waals surface area contributed by atoms with Gasteiger partial charge in [0.25, 0.3) is 0 Å². The van der Waals surface area contributed by atoms with E-state index in [4.69, 9.17) is 0 Å². The first-order valence-electron chi connectivity index (χ1n) is 7.10. The summed E-state index contributed by atoms with van der Waals surface area (Å²) in [6.07, 6.45) is 2.62. The Bertz CT molecular complexity index is 551. The molecule has 1 heterocycles. The van der Waals surface area contributed by atoms with Gasteiger partial charge in [0, 0.05) is 0 Å². The Morgan fingerprint density at radius 1 is 1.21 bits per heavy atom. The van der Waals surface area contributed by atoms with Gasteiger partial charge in [-0.2, -0.15) is 0 Å². The lowest BCUT2D eigenvalue weighted by Crippen LogP contribution is -2.32. The van der Waals surface area contributed by atoms with E-state index in [0.717, 1.165) is 36.9 Å². The molecule has 0 saturated heterocycles. The summed E-state index contributed by atoms with van der Waals surface area (Å²) in [5.41, 5.74) is 1.84. The van der Waals surface area contributed by atoms with E-state index in [-0.39, 0.29) is 11.3 Å². The van der Waals surface area contributed by atoms with Gasteiger partial charge in [0.15, 0.2) is 9.84 Å². The van der Waals surface area contributed by atoms with E-state index in [2.05, 4.69) is 12.2 Å². The topological polar surface area (TPSA) is 46.2 Å². The first-order valence-corrected chi connectivity index (χ1v) is 8.65. The predicted octanol–water partition coefficient (Wildman–Crippen LogP) is 2.99. The Morgan fingerprint density at radius 3 is 2.58 bits per heavy atom. The van der Waals surface area contributed by atoms with E-state index < -0.39 is 9.84 Å². The van der Waals surface area contributed by atoms with Crippen molar-refractivity contribution in [3.05, 3.63) is 29.3 Å². The molecule has 1 aliphatic rings. The van der Waals surface area contributed by atoms with Crippen LogP contribution in [0.4, 0.5) is 0 Å². The van der Waals surface area contributed by atoms with Gasteiger partial charge in [-0.1, -0.05) is 38.5 Å². The molecule has 2 atom stereocenters. The molecule has 19 heavy (non-hydrogen) atoms. The van der Waals surface area contributed by atoms with Crippen LogP contribution in [-0.4, -0.2) is 20.2 Å². The number of hydrogen-bond acceptors (Lipinski definition) is 3. The molecule has 106 valence electrons. The van der Waals surface area contributed by atoms with Crippen molar-refractivity contribution in [1.29, 1.82) is 0 Å². The van der Waals surface area contributed by atoms with Crippen LogP contribution in [0, 0.1) is 6.92 Å². The molecule has 2 rings (SSSR count). The van der Waals surface area contributed by atoms with Gasteiger partial charge in [-0.3, -0.25) is 0 Å². The van der Waals surface area contributed by atoms with Crippen molar-refractivity contribution in [3.63, 3.8) is 0 Å². The predicted molar refractivity (Wildman–Crippen MR) is 78.1 cm³/mol. The molecule has 0 aliphatic carbocycles. The van der Waals surface area contributed by atoms with Crippen molar-refractivity contribution in [2.24, 2.45) is 0 Å². The van der Waals surface area contributed by atoms with Gasteiger partial charge in [0.1, 0.15) is 0 Å². The molecule has 0 aromatic heterocycles. The summed E-state index contributed by atoms with van der Waals surface area (Å²) in [6, 6.07) is 5.77. The molecule has 0 saturated carbocycles. The summed E-state index contributed by atoms with van der Waals surface area (Å²) in [7, 11) is -3.18. The lowest BCUT2D eigenvalue weighted by molar-refractivity contribution is 0.481. The van der Waals surface area contributed by atoms with Crippen LogP contribution in [-0.2, 0) is 9.84 Å². The molecule has 0 fully saturated rings. The van der Waals surface area contributed by atoms with Crippen LogP contribution < -0.4 is 5.32 Å². The minimum Gasteiger partial charge on any atom is -0.309 e. The van der Waals surface area contributed by atoms with Gasteiger partial charge >= 0.3 is 0 Å². The summed E-state index contributed by atoms with van der Waals surface area (Å²) < 4.78 is 25.5. The maximum absolute atomic E-state index is 12.7. The Morgan fingerprint density at radius 2 is 1.95 bits per heavy atom. The Balaban J connectivity index is 2.51. The molecule has 1 aromatic carbocycles. The SMILES string of the molecule is CCCNC1c2cccc(C)c2S(=O)(=O)C1CCC. The molecule has 0 bridgehead atoms. The molecule has 4 heteroatoms. The fourth-order valence-electron chi connectivity index (χ4n) is 2.99. The lowest BCUT2D eigenvalue weighted by atomic mass is 9.99. The summed E-state index contributed by atoms with van der Waals surface area (Å²) >= 11 is 0. The smallest absolute Gasteiger partial charge is 0.183 e. The molecule has 0 spiro atoms. The Hall–Kier alpha value is -0.870. The van der Waals surface area contributed by atoms with E-state index in [1.54, 1.807) is 0 Å².